The molecule has 1 atom stereocenters. The highest BCUT2D eigenvalue weighted by atomic mass is 32.2. The van der Waals surface area contributed by atoms with Gasteiger partial charge in [0.25, 0.3) is 0 Å². The number of sulfonamides is 1. The maximum atomic E-state index is 13.3. The van der Waals surface area contributed by atoms with Crippen LogP contribution in [0.3, 0.4) is 0 Å². The summed E-state index contributed by atoms with van der Waals surface area (Å²) in [6.45, 7) is 6.92. The average molecular weight is 462 g/mol. The Labute approximate surface area is 181 Å². The number of halogens is 3. The molecule has 2 heterocycles. The highest BCUT2D eigenvalue weighted by Gasteiger charge is 2.40. The minimum Gasteiger partial charge on any atom is -0.356 e. The molecule has 2 aliphatic rings. The number of nitrogens with one attached hydrogen (secondary N) is 1. The first-order chi connectivity index (χ1) is 14.5. The van der Waals surface area contributed by atoms with Gasteiger partial charge in [-0.3, -0.25) is 4.79 Å². The molecule has 1 unspecified atom stereocenters. The summed E-state index contributed by atoms with van der Waals surface area (Å²) >= 11 is 0. The van der Waals surface area contributed by atoms with Crippen LogP contribution in [0.4, 0.5) is 13.2 Å². The van der Waals surface area contributed by atoms with Gasteiger partial charge in [-0.05, 0) is 57.7 Å². The van der Waals surface area contributed by atoms with E-state index >= 15 is 0 Å². The third-order valence-electron chi connectivity index (χ3n) is 6.25. The molecule has 2 aliphatic heterocycles. The molecule has 1 N–H and O–H groups in total. The molecule has 174 valence electrons. The first kappa shape index (κ1) is 24.0. The number of likely N-dealkylation sites (tertiary alicyclic amines) is 1. The summed E-state index contributed by atoms with van der Waals surface area (Å²) in [5, 5.41) is 2.99. The SMILES string of the molecule is CC(C)N1CCC(CNC(=O)C2CCN(S(=O)(=O)c3ccccc3C(F)(F)F)CC2)C1. The topological polar surface area (TPSA) is 69.7 Å². The van der Waals surface area contributed by atoms with Gasteiger partial charge in [0, 0.05) is 38.1 Å². The largest absolute Gasteiger partial charge is 0.417 e. The third kappa shape index (κ3) is 5.59. The van der Waals surface area contributed by atoms with Gasteiger partial charge in [0.05, 0.1) is 10.5 Å². The molecule has 0 aliphatic carbocycles. The molecule has 1 aromatic rings. The molecule has 10 heteroatoms. The van der Waals surface area contributed by atoms with Gasteiger partial charge in [-0.1, -0.05) is 12.1 Å². The van der Waals surface area contributed by atoms with Crippen LogP contribution < -0.4 is 5.32 Å². The van der Waals surface area contributed by atoms with E-state index in [2.05, 4.69) is 24.1 Å². The number of rotatable bonds is 6. The monoisotopic (exact) mass is 461 g/mol. The predicted octanol–water partition coefficient (Wildman–Crippen LogP) is 2.95. The van der Waals surface area contributed by atoms with E-state index in [0.717, 1.165) is 35.9 Å². The molecule has 31 heavy (non-hydrogen) atoms. The maximum absolute atomic E-state index is 13.3. The Morgan fingerprint density at radius 3 is 2.35 bits per heavy atom. The lowest BCUT2D eigenvalue weighted by Crippen LogP contribution is -2.44. The molecule has 0 aromatic heterocycles. The van der Waals surface area contributed by atoms with Crippen molar-refractivity contribution >= 4 is 15.9 Å². The van der Waals surface area contributed by atoms with Gasteiger partial charge in [-0.25, -0.2) is 8.42 Å². The molecule has 0 spiro atoms. The third-order valence-corrected chi connectivity index (χ3v) is 8.20. The zero-order chi connectivity index (χ0) is 22.8. The van der Waals surface area contributed by atoms with E-state index in [9.17, 15) is 26.4 Å². The number of nitrogens with zero attached hydrogens (tertiary/aromatic N) is 2. The van der Waals surface area contributed by atoms with Crippen molar-refractivity contribution in [2.75, 3.05) is 32.7 Å². The van der Waals surface area contributed by atoms with E-state index in [1.807, 2.05) is 0 Å². The summed E-state index contributed by atoms with van der Waals surface area (Å²) in [5.74, 6) is -0.0201. The summed E-state index contributed by atoms with van der Waals surface area (Å²) < 4.78 is 66.5. The molecule has 0 bridgehead atoms. The zero-order valence-electron chi connectivity index (χ0n) is 17.9. The van der Waals surface area contributed by atoms with Gasteiger partial charge in [-0.2, -0.15) is 17.5 Å². The number of carbonyl (C=O) groups excluding carboxylic acids is 1. The highest BCUT2D eigenvalue weighted by Crippen LogP contribution is 2.36. The van der Waals surface area contributed by atoms with E-state index in [-0.39, 0.29) is 24.9 Å². The number of benzene rings is 1. The number of hydrogen-bond donors (Lipinski definition) is 1. The van der Waals surface area contributed by atoms with Crippen molar-refractivity contribution in [1.29, 1.82) is 0 Å². The quantitative estimate of drug-likeness (QED) is 0.707. The summed E-state index contributed by atoms with van der Waals surface area (Å²) in [5.41, 5.74) is -1.16. The molecule has 0 saturated carbocycles. The second-order valence-corrected chi connectivity index (χ2v) is 10.6. The minimum atomic E-state index is -4.76. The number of piperidine rings is 1. The molecular weight excluding hydrogens is 431 g/mol. The van der Waals surface area contributed by atoms with Crippen LogP contribution in [0.15, 0.2) is 29.2 Å². The van der Waals surface area contributed by atoms with Crippen LogP contribution in [-0.4, -0.2) is 62.3 Å². The first-order valence-electron chi connectivity index (χ1n) is 10.7. The summed E-state index contributed by atoms with van der Waals surface area (Å²) in [4.78, 5) is 14.2. The van der Waals surface area contributed by atoms with Crippen LogP contribution in [0.25, 0.3) is 0 Å². The lowest BCUT2D eigenvalue weighted by atomic mass is 9.97. The number of hydrogen-bond acceptors (Lipinski definition) is 4. The Balaban J connectivity index is 1.55. The summed E-state index contributed by atoms with van der Waals surface area (Å²) in [7, 11) is -4.29. The highest BCUT2D eigenvalue weighted by molar-refractivity contribution is 7.89. The second-order valence-electron chi connectivity index (χ2n) is 8.66. The summed E-state index contributed by atoms with van der Waals surface area (Å²) in [6, 6.07) is 4.69. The predicted molar refractivity (Wildman–Crippen MR) is 111 cm³/mol. The van der Waals surface area contributed by atoms with Crippen LogP contribution in [0.2, 0.25) is 0 Å². The van der Waals surface area contributed by atoms with Crippen LogP contribution in [0, 0.1) is 11.8 Å². The molecule has 1 aromatic carbocycles. The van der Waals surface area contributed by atoms with Gasteiger partial charge in [0.1, 0.15) is 0 Å². The lowest BCUT2D eigenvalue weighted by molar-refractivity contribution is -0.139. The molecule has 1 amide bonds. The normalized spacial score (nSPS) is 22.2. The van der Waals surface area contributed by atoms with Crippen LogP contribution in [0.5, 0.6) is 0 Å². The second kappa shape index (κ2) is 9.46. The maximum Gasteiger partial charge on any atom is 0.417 e. The fraction of sp³-hybridized carbons (Fsp3) is 0.667. The van der Waals surface area contributed by atoms with Crippen molar-refractivity contribution in [3.05, 3.63) is 29.8 Å². The van der Waals surface area contributed by atoms with E-state index in [4.69, 9.17) is 0 Å². The van der Waals surface area contributed by atoms with Crippen molar-refractivity contribution in [2.24, 2.45) is 11.8 Å². The van der Waals surface area contributed by atoms with Crippen molar-refractivity contribution in [3.63, 3.8) is 0 Å². The van der Waals surface area contributed by atoms with Crippen molar-refractivity contribution < 1.29 is 26.4 Å². The van der Waals surface area contributed by atoms with Crippen LogP contribution in [-0.2, 0) is 21.0 Å². The fourth-order valence-electron chi connectivity index (χ4n) is 4.31. The Bertz CT molecular complexity index is 881. The smallest absolute Gasteiger partial charge is 0.356 e. The summed E-state index contributed by atoms with van der Waals surface area (Å²) in [6.07, 6.45) is -3.13. The fourth-order valence-corrected chi connectivity index (χ4v) is 5.99. The molecule has 0 radical (unpaired) electrons. The molecule has 2 fully saturated rings. The molecule has 6 nitrogen and oxygen atoms in total. The van der Waals surface area contributed by atoms with Crippen molar-refractivity contribution in [1.82, 2.24) is 14.5 Å². The van der Waals surface area contributed by atoms with Crippen LogP contribution >= 0.6 is 0 Å². The Morgan fingerprint density at radius 2 is 1.77 bits per heavy atom. The van der Waals surface area contributed by atoms with Gasteiger partial charge in [-0.15, -0.1) is 0 Å². The number of amides is 1. The Kier molecular flexibility index (Phi) is 7.32. The van der Waals surface area contributed by atoms with E-state index in [0.29, 0.717) is 31.3 Å². The van der Waals surface area contributed by atoms with Gasteiger partial charge >= 0.3 is 6.18 Å². The van der Waals surface area contributed by atoms with E-state index < -0.39 is 26.7 Å². The first-order valence-corrected chi connectivity index (χ1v) is 12.1. The standard InChI is InChI=1S/C21H30F3N3O3S/c1-15(2)26-10-7-16(14-26)13-25-20(28)17-8-11-27(12-9-17)31(29,30)19-6-4-3-5-18(19)21(22,23)24/h3-6,15-17H,7-14H2,1-2H3,(H,25,28). The van der Waals surface area contributed by atoms with Gasteiger partial charge in [0.2, 0.25) is 15.9 Å². The van der Waals surface area contributed by atoms with Crippen molar-refractivity contribution in [2.45, 2.75) is 50.2 Å². The Morgan fingerprint density at radius 1 is 1.13 bits per heavy atom. The van der Waals surface area contributed by atoms with Gasteiger partial charge < -0.3 is 10.2 Å². The molecular formula is C21H30F3N3O3S. The molecule has 3 rings (SSSR count). The van der Waals surface area contributed by atoms with Crippen LogP contribution in [0.1, 0.15) is 38.7 Å². The Hall–Kier alpha value is -1.65. The molecule has 2 saturated heterocycles. The number of carbonyl (C=O) groups is 1. The number of alkyl halides is 3. The van der Waals surface area contributed by atoms with Crippen molar-refractivity contribution in [3.8, 4) is 0 Å². The zero-order valence-corrected chi connectivity index (χ0v) is 18.7. The minimum absolute atomic E-state index is 0.0250. The lowest BCUT2D eigenvalue weighted by Gasteiger charge is -2.31. The average Bonchev–Trinajstić information content (AvgIpc) is 3.21. The van der Waals surface area contributed by atoms with E-state index in [1.165, 1.54) is 12.1 Å². The van der Waals surface area contributed by atoms with Gasteiger partial charge in [0.15, 0.2) is 0 Å². The van der Waals surface area contributed by atoms with E-state index in [1.54, 1.807) is 0 Å².